The number of halogens is 5. The molecule has 3 rings (SSSR count). The summed E-state index contributed by atoms with van der Waals surface area (Å²) in [6.07, 6.45) is 0. The quantitative estimate of drug-likeness (QED) is 0.383. The van der Waals surface area contributed by atoms with Crippen LogP contribution in [-0.2, 0) is 14.3 Å². The summed E-state index contributed by atoms with van der Waals surface area (Å²) in [4.78, 5) is 19.1. The van der Waals surface area contributed by atoms with Crippen LogP contribution >= 0.6 is 58.0 Å². The zero-order valence-electron chi connectivity index (χ0n) is 8.77. The number of cyclic esters (lactones) is 2. The standard InChI is InChI=1S/C10H5Cl5O3/c1-8(13)9(14)2-3(7(17)18-6(2)16)10(8,15)5(12)4(9)11/h2-3H,1H3/t2-,3+,8?,9+,10-. The molecule has 5 atom stereocenters. The average molecular weight is 350 g/mol. The van der Waals surface area contributed by atoms with E-state index in [9.17, 15) is 9.59 Å². The highest BCUT2D eigenvalue weighted by Crippen LogP contribution is 2.75. The van der Waals surface area contributed by atoms with Gasteiger partial charge in [-0.25, -0.2) is 0 Å². The molecule has 1 unspecified atom stereocenters. The van der Waals surface area contributed by atoms with Crippen LogP contribution in [0.1, 0.15) is 6.92 Å². The Kier molecular flexibility index (Phi) is 2.45. The third-order valence-corrected chi connectivity index (χ3v) is 7.76. The monoisotopic (exact) mass is 348 g/mol. The number of carbonyl (C=O) groups is 2. The fourth-order valence-electron chi connectivity index (χ4n) is 3.14. The third kappa shape index (κ3) is 0.988. The van der Waals surface area contributed by atoms with Gasteiger partial charge in [0.1, 0.15) is 9.75 Å². The second kappa shape index (κ2) is 3.32. The highest BCUT2D eigenvalue weighted by atomic mass is 35.5. The second-order valence-corrected chi connectivity index (χ2v) is 7.45. The van der Waals surface area contributed by atoms with Crippen molar-refractivity contribution in [2.24, 2.45) is 11.8 Å². The van der Waals surface area contributed by atoms with Crippen molar-refractivity contribution in [2.75, 3.05) is 0 Å². The molecule has 98 valence electrons. The Morgan fingerprint density at radius 3 is 1.61 bits per heavy atom. The van der Waals surface area contributed by atoms with Gasteiger partial charge < -0.3 is 4.74 Å². The SMILES string of the molecule is CC1(Cl)[C@@]2(Cl)C(Cl)=C(Cl)[C@]1(Cl)[C@@H]1C(=O)OC(=O)[C@@H]12. The van der Waals surface area contributed by atoms with Crippen molar-refractivity contribution in [3.05, 3.63) is 10.1 Å². The van der Waals surface area contributed by atoms with Crippen LogP contribution < -0.4 is 0 Å². The van der Waals surface area contributed by atoms with E-state index in [1.807, 2.05) is 0 Å². The molecule has 2 aliphatic carbocycles. The largest absolute Gasteiger partial charge is 0.393 e. The summed E-state index contributed by atoms with van der Waals surface area (Å²) < 4.78 is 4.58. The highest BCUT2D eigenvalue weighted by Gasteiger charge is 2.86. The Labute approximate surface area is 127 Å². The van der Waals surface area contributed by atoms with Gasteiger partial charge in [-0.2, -0.15) is 0 Å². The normalized spacial score (nSPS) is 54.1. The van der Waals surface area contributed by atoms with Crippen LogP contribution in [-0.4, -0.2) is 26.6 Å². The van der Waals surface area contributed by atoms with Crippen LogP contribution in [0.15, 0.2) is 10.1 Å². The van der Waals surface area contributed by atoms with Crippen molar-refractivity contribution in [3.8, 4) is 0 Å². The Morgan fingerprint density at radius 1 is 0.944 bits per heavy atom. The summed E-state index contributed by atoms with van der Waals surface area (Å²) in [6.45, 7) is 1.52. The molecule has 0 aromatic carbocycles. The topological polar surface area (TPSA) is 43.4 Å². The van der Waals surface area contributed by atoms with Gasteiger partial charge in [-0.3, -0.25) is 9.59 Å². The minimum atomic E-state index is -1.52. The third-order valence-electron chi connectivity index (χ3n) is 4.10. The predicted octanol–water partition coefficient (Wildman–Crippen LogP) is 2.97. The van der Waals surface area contributed by atoms with Gasteiger partial charge >= 0.3 is 11.9 Å². The van der Waals surface area contributed by atoms with E-state index in [-0.39, 0.29) is 10.1 Å². The van der Waals surface area contributed by atoms with E-state index < -0.39 is 38.4 Å². The number of allylic oxidation sites excluding steroid dienone is 2. The van der Waals surface area contributed by atoms with E-state index in [1.54, 1.807) is 0 Å². The lowest BCUT2D eigenvalue weighted by atomic mass is 9.84. The minimum Gasteiger partial charge on any atom is -0.393 e. The molecule has 2 fully saturated rings. The fourth-order valence-corrected chi connectivity index (χ4v) is 5.63. The van der Waals surface area contributed by atoms with Gasteiger partial charge in [0, 0.05) is 0 Å². The van der Waals surface area contributed by atoms with E-state index in [1.165, 1.54) is 6.92 Å². The van der Waals surface area contributed by atoms with Gasteiger partial charge in [0.15, 0.2) is 0 Å². The fraction of sp³-hybridized carbons (Fsp3) is 0.600. The maximum atomic E-state index is 11.8. The molecule has 0 N–H and O–H groups in total. The lowest BCUT2D eigenvalue weighted by Gasteiger charge is -2.35. The van der Waals surface area contributed by atoms with Gasteiger partial charge in [0.2, 0.25) is 0 Å². The number of alkyl halides is 3. The van der Waals surface area contributed by atoms with Crippen molar-refractivity contribution in [1.29, 1.82) is 0 Å². The van der Waals surface area contributed by atoms with Crippen LogP contribution in [0.2, 0.25) is 0 Å². The molecular weight excluding hydrogens is 345 g/mol. The van der Waals surface area contributed by atoms with Gasteiger partial charge in [0.05, 0.1) is 26.8 Å². The number of carbonyl (C=O) groups excluding carboxylic acids is 2. The van der Waals surface area contributed by atoms with Crippen LogP contribution in [0.25, 0.3) is 0 Å². The van der Waals surface area contributed by atoms with Gasteiger partial charge in [0.25, 0.3) is 0 Å². The molecule has 1 saturated heterocycles. The lowest BCUT2D eigenvalue weighted by Crippen LogP contribution is -2.49. The van der Waals surface area contributed by atoms with Crippen molar-refractivity contribution < 1.29 is 14.3 Å². The van der Waals surface area contributed by atoms with E-state index >= 15 is 0 Å². The summed E-state index contributed by atoms with van der Waals surface area (Å²) in [5, 5.41) is 0.0115. The molecule has 0 amide bonds. The molecule has 0 aromatic rings. The Morgan fingerprint density at radius 2 is 1.28 bits per heavy atom. The molecule has 1 heterocycles. The Bertz CT molecular complexity index is 498. The first-order valence-electron chi connectivity index (χ1n) is 5.00. The maximum Gasteiger partial charge on any atom is 0.319 e. The summed E-state index contributed by atoms with van der Waals surface area (Å²) >= 11 is 31.4. The van der Waals surface area contributed by atoms with Crippen LogP contribution in [0.5, 0.6) is 0 Å². The zero-order valence-corrected chi connectivity index (χ0v) is 12.5. The molecule has 2 bridgehead atoms. The molecule has 18 heavy (non-hydrogen) atoms. The van der Waals surface area contributed by atoms with E-state index in [0.717, 1.165) is 0 Å². The van der Waals surface area contributed by atoms with Crippen LogP contribution in [0.3, 0.4) is 0 Å². The van der Waals surface area contributed by atoms with Crippen molar-refractivity contribution >= 4 is 69.9 Å². The smallest absolute Gasteiger partial charge is 0.319 e. The van der Waals surface area contributed by atoms with Crippen molar-refractivity contribution in [1.82, 2.24) is 0 Å². The van der Waals surface area contributed by atoms with Crippen LogP contribution in [0, 0.1) is 11.8 Å². The summed E-state index contributed by atoms with van der Waals surface area (Å²) in [7, 11) is 0. The first-order chi connectivity index (χ1) is 8.11. The lowest BCUT2D eigenvalue weighted by molar-refractivity contribution is -0.154. The highest BCUT2D eigenvalue weighted by molar-refractivity contribution is 6.57. The van der Waals surface area contributed by atoms with Crippen molar-refractivity contribution in [2.45, 2.75) is 21.5 Å². The molecule has 3 aliphatic rings. The first kappa shape index (κ1) is 13.3. The second-order valence-electron chi connectivity index (χ2n) is 4.75. The molecule has 0 spiro atoms. The number of ether oxygens (including phenoxy) is 1. The Balaban J connectivity index is 2.37. The van der Waals surface area contributed by atoms with Gasteiger partial charge in [-0.15, -0.1) is 34.8 Å². The van der Waals surface area contributed by atoms with Gasteiger partial charge in [-0.1, -0.05) is 23.2 Å². The van der Waals surface area contributed by atoms with E-state index in [0.29, 0.717) is 0 Å². The molecule has 3 nitrogen and oxygen atoms in total. The van der Waals surface area contributed by atoms with Crippen molar-refractivity contribution in [3.63, 3.8) is 0 Å². The first-order valence-corrected chi connectivity index (χ1v) is 6.89. The van der Waals surface area contributed by atoms with E-state index in [2.05, 4.69) is 4.74 Å². The summed E-state index contributed by atoms with van der Waals surface area (Å²) in [5.74, 6) is -3.56. The average Bonchev–Trinajstić information content (AvgIpc) is 2.68. The predicted molar refractivity (Wildman–Crippen MR) is 68.2 cm³/mol. The van der Waals surface area contributed by atoms with Gasteiger partial charge in [-0.05, 0) is 6.92 Å². The number of rotatable bonds is 0. The molecular formula is C10H5Cl5O3. The molecule has 0 aromatic heterocycles. The maximum absolute atomic E-state index is 11.8. The molecule has 0 radical (unpaired) electrons. The molecule has 1 saturated carbocycles. The summed E-state index contributed by atoms with van der Waals surface area (Å²) in [6, 6.07) is 0. The summed E-state index contributed by atoms with van der Waals surface area (Å²) in [5.41, 5.74) is 0. The minimum absolute atomic E-state index is 0.00577. The number of hydrogen-bond donors (Lipinski definition) is 0. The molecule has 1 aliphatic heterocycles. The number of fused-ring (bicyclic) bond motifs is 5. The van der Waals surface area contributed by atoms with Crippen LogP contribution in [0.4, 0.5) is 0 Å². The zero-order chi connectivity index (χ0) is 13.7. The van der Waals surface area contributed by atoms with E-state index in [4.69, 9.17) is 58.0 Å². The number of hydrogen-bond acceptors (Lipinski definition) is 3. The Hall–Kier alpha value is 0.330. The molecule has 8 heteroatoms. The number of esters is 2.